The Bertz CT molecular complexity index is 1050. The summed E-state index contributed by atoms with van der Waals surface area (Å²) in [7, 11) is 0. The summed E-state index contributed by atoms with van der Waals surface area (Å²) in [6.07, 6.45) is 0. The van der Waals surface area contributed by atoms with Crippen molar-refractivity contribution in [2.75, 3.05) is 0 Å². The van der Waals surface area contributed by atoms with Crippen molar-refractivity contribution in [2.45, 2.75) is 0 Å². The molecule has 0 spiro atoms. The lowest BCUT2D eigenvalue weighted by atomic mass is 10.0. The molecule has 0 saturated carbocycles. The first kappa shape index (κ1) is 15.9. The summed E-state index contributed by atoms with van der Waals surface area (Å²) in [6.45, 7) is 0. The van der Waals surface area contributed by atoms with Gasteiger partial charge in [0.15, 0.2) is 11.5 Å². The van der Waals surface area contributed by atoms with Crippen LogP contribution in [0.15, 0.2) is 72.8 Å². The van der Waals surface area contributed by atoms with Gasteiger partial charge >= 0.3 is 0 Å². The number of aromatic hydroxyl groups is 2. The van der Waals surface area contributed by atoms with Crippen molar-refractivity contribution >= 4 is 0 Å². The van der Waals surface area contributed by atoms with E-state index >= 15 is 0 Å². The standard InChI is InChI=1S/C21H15FN2O2/c22-17-8-5-14(6-9-17)13-1-3-15(4-2-13)18-12-19(24-23-18)16-7-10-20(25)21(26)11-16/h1-12,25-26H,(H,23,24). The average Bonchev–Trinajstić information content (AvgIpc) is 3.15. The van der Waals surface area contributed by atoms with Crippen LogP contribution in [0.25, 0.3) is 33.6 Å². The summed E-state index contributed by atoms with van der Waals surface area (Å²) in [4.78, 5) is 0. The molecule has 1 heterocycles. The minimum atomic E-state index is -0.254. The van der Waals surface area contributed by atoms with E-state index < -0.39 is 0 Å². The first-order valence-corrected chi connectivity index (χ1v) is 8.04. The van der Waals surface area contributed by atoms with Crippen molar-refractivity contribution in [1.82, 2.24) is 10.2 Å². The lowest BCUT2D eigenvalue weighted by Gasteiger charge is -2.03. The Kier molecular flexibility index (Phi) is 3.89. The van der Waals surface area contributed by atoms with Crippen molar-refractivity contribution in [1.29, 1.82) is 0 Å². The Morgan fingerprint density at radius 3 is 1.88 bits per heavy atom. The molecule has 4 rings (SSSR count). The predicted octanol–water partition coefficient (Wildman–Crippen LogP) is 4.96. The third kappa shape index (κ3) is 3.02. The van der Waals surface area contributed by atoms with Crippen molar-refractivity contribution in [2.24, 2.45) is 0 Å². The first-order valence-electron chi connectivity index (χ1n) is 8.04. The minimum absolute atomic E-state index is 0.166. The van der Waals surface area contributed by atoms with E-state index in [1.807, 2.05) is 30.3 Å². The van der Waals surface area contributed by atoms with Crippen molar-refractivity contribution in [3.63, 3.8) is 0 Å². The monoisotopic (exact) mass is 346 g/mol. The highest BCUT2D eigenvalue weighted by Gasteiger charge is 2.09. The normalized spacial score (nSPS) is 10.8. The molecule has 0 aliphatic rings. The molecule has 0 amide bonds. The zero-order valence-corrected chi connectivity index (χ0v) is 13.6. The maximum absolute atomic E-state index is 13.0. The fourth-order valence-electron chi connectivity index (χ4n) is 2.78. The molecule has 3 N–H and O–H groups in total. The number of nitrogens with zero attached hydrogens (tertiary/aromatic N) is 1. The molecule has 4 nitrogen and oxygen atoms in total. The largest absolute Gasteiger partial charge is 0.504 e. The maximum Gasteiger partial charge on any atom is 0.158 e. The van der Waals surface area contributed by atoms with Gasteiger partial charge in [0.1, 0.15) is 5.82 Å². The number of aromatic amines is 1. The van der Waals surface area contributed by atoms with Gasteiger partial charge in [-0.1, -0.05) is 36.4 Å². The van der Waals surface area contributed by atoms with Gasteiger partial charge in [0.05, 0.1) is 11.4 Å². The molecule has 0 atom stereocenters. The van der Waals surface area contributed by atoms with Crippen LogP contribution in [0.3, 0.4) is 0 Å². The second-order valence-corrected chi connectivity index (χ2v) is 5.95. The van der Waals surface area contributed by atoms with Gasteiger partial charge in [-0.15, -0.1) is 0 Å². The van der Waals surface area contributed by atoms with Crippen LogP contribution in [-0.4, -0.2) is 20.4 Å². The number of phenolic OH excluding ortho intramolecular Hbond substituents is 2. The van der Waals surface area contributed by atoms with E-state index in [-0.39, 0.29) is 17.3 Å². The van der Waals surface area contributed by atoms with E-state index in [0.717, 1.165) is 22.4 Å². The zero-order chi connectivity index (χ0) is 18.1. The molecule has 3 aromatic carbocycles. The van der Waals surface area contributed by atoms with Crippen molar-refractivity contribution in [3.8, 4) is 45.1 Å². The number of rotatable bonds is 3. The molecular formula is C21H15FN2O2. The molecule has 5 heteroatoms. The average molecular weight is 346 g/mol. The molecule has 0 aliphatic heterocycles. The molecule has 4 aromatic rings. The molecule has 128 valence electrons. The first-order chi connectivity index (χ1) is 12.6. The predicted molar refractivity (Wildman–Crippen MR) is 98.2 cm³/mol. The van der Waals surface area contributed by atoms with Gasteiger partial charge in [-0.2, -0.15) is 5.10 Å². The van der Waals surface area contributed by atoms with Crippen molar-refractivity contribution in [3.05, 3.63) is 78.6 Å². The number of aromatic nitrogens is 2. The number of hydrogen-bond donors (Lipinski definition) is 3. The number of hydrogen-bond acceptors (Lipinski definition) is 3. The third-order valence-electron chi connectivity index (χ3n) is 4.22. The van der Waals surface area contributed by atoms with Crippen LogP contribution >= 0.6 is 0 Å². The second kappa shape index (κ2) is 6.37. The van der Waals surface area contributed by atoms with Crippen molar-refractivity contribution < 1.29 is 14.6 Å². The van der Waals surface area contributed by atoms with Gasteiger partial charge in [0, 0.05) is 5.56 Å². The fraction of sp³-hybridized carbons (Fsp3) is 0. The Hall–Kier alpha value is -3.60. The number of nitrogens with one attached hydrogen (secondary N) is 1. The molecular weight excluding hydrogens is 331 g/mol. The minimum Gasteiger partial charge on any atom is -0.504 e. The highest BCUT2D eigenvalue weighted by atomic mass is 19.1. The molecule has 0 saturated heterocycles. The Labute approximate surface area is 149 Å². The number of H-pyrrole nitrogens is 1. The Morgan fingerprint density at radius 1 is 0.654 bits per heavy atom. The van der Waals surface area contributed by atoms with Crippen LogP contribution in [0.2, 0.25) is 0 Å². The summed E-state index contributed by atoms with van der Waals surface area (Å²) in [5.74, 6) is -0.604. The molecule has 0 aliphatic carbocycles. The van der Waals surface area contributed by atoms with Gasteiger partial charge in [-0.3, -0.25) is 5.10 Å². The van der Waals surface area contributed by atoms with Gasteiger partial charge in [-0.05, 0) is 53.1 Å². The van der Waals surface area contributed by atoms with Crippen LogP contribution in [0.5, 0.6) is 11.5 Å². The van der Waals surface area contributed by atoms with Gasteiger partial charge in [-0.25, -0.2) is 4.39 Å². The topological polar surface area (TPSA) is 69.1 Å². The summed E-state index contributed by atoms with van der Waals surface area (Å²) >= 11 is 0. The van der Waals surface area contributed by atoms with E-state index in [1.165, 1.54) is 24.3 Å². The molecule has 0 unspecified atom stereocenters. The van der Waals surface area contributed by atoms with Gasteiger partial charge in [0.25, 0.3) is 0 Å². The Balaban J connectivity index is 1.61. The number of phenols is 2. The maximum atomic E-state index is 13.0. The van der Waals surface area contributed by atoms with Gasteiger partial charge < -0.3 is 10.2 Å². The quantitative estimate of drug-likeness (QED) is 0.459. The SMILES string of the molecule is Oc1ccc(-c2cc(-c3ccc(-c4ccc(F)cc4)cc3)[nH]n2)cc1O. The van der Waals surface area contributed by atoms with E-state index in [0.29, 0.717) is 11.3 Å². The van der Waals surface area contributed by atoms with Crippen LogP contribution in [0.4, 0.5) is 4.39 Å². The van der Waals surface area contributed by atoms with Crippen LogP contribution < -0.4 is 0 Å². The second-order valence-electron chi connectivity index (χ2n) is 5.95. The zero-order valence-electron chi connectivity index (χ0n) is 13.6. The summed E-state index contributed by atoms with van der Waals surface area (Å²) in [6, 6.07) is 20.7. The van der Waals surface area contributed by atoms with E-state index in [4.69, 9.17) is 0 Å². The molecule has 0 radical (unpaired) electrons. The lowest BCUT2D eigenvalue weighted by Crippen LogP contribution is -1.81. The lowest BCUT2D eigenvalue weighted by molar-refractivity contribution is 0.404. The molecule has 26 heavy (non-hydrogen) atoms. The fourth-order valence-corrected chi connectivity index (χ4v) is 2.78. The van der Waals surface area contributed by atoms with Gasteiger partial charge in [0.2, 0.25) is 0 Å². The summed E-state index contributed by atoms with van der Waals surface area (Å²) in [5.41, 5.74) is 5.10. The van der Waals surface area contributed by atoms with E-state index in [1.54, 1.807) is 18.2 Å². The van der Waals surface area contributed by atoms with E-state index in [2.05, 4.69) is 10.2 Å². The molecule has 1 aromatic heterocycles. The summed E-state index contributed by atoms with van der Waals surface area (Å²) in [5, 5.41) is 26.3. The Morgan fingerprint density at radius 2 is 1.23 bits per heavy atom. The molecule has 0 bridgehead atoms. The van der Waals surface area contributed by atoms with E-state index in [9.17, 15) is 14.6 Å². The third-order valence-corrected chi connectivity index (χ3v) is 4.22. The molecule has 0 fully saturated rings. The van der Waals surface area contributed by atoms with Crippen LogP contribution in [0, 0.1) is 5.82 Å². The number of halogens is 1. The highest BCUT2D eigenvalue weighted by Crippen LogP contribution is 2.31. The highest BCUT2D eigenvalue weighted by molar-refractivity contribution is 5.72. The summed E-state index contributed by atoms with van der Waals surface area (Å²) < 4.78 is 13.0. The van der Waals surface area contributed by atoms with Crippen LogP contribution in [0.1, 0.15) is 0 Å². The smallest absolute Gasteiger partial charge is 0.158 e. The number of benzene rings is 3. The van der Waals surface area contributed by atoms with Crippen LogP contribution in [-0.2, 0) is 0 Å².